The Morgan fingerprint density at radius 3 is 2.12 bits per heavy atom. The minimum Gasteiger partial charge on any atom is -0.455 e. The smallest absolute Gasteiger partial charge is 0.357 e. The highest BCUT2D eigenvalue weighted by Crippen LogP contribution is 2.48. The first-order valence-electron chi connectivity index (χ1n) is 35.6. The molecule has 42 heteroatoms. The number of hydrogen-bond acceptors (Lipinski definition) is 31. The SMILES string of the molecule is C=C(NC(=O)C(=C)NC(=O)c1csc(C2=N[C@@H]3c4csc(n4)[C@H]4NC(=O)c5csc(n5)[C@H]([C@](C)(O)[C@@H](C)O)NC(=O)C5CSC(=N5)/C(=C/C)NC(=O)[C@H]([C@@H](C)O)NC(=O)c5csc(n5)[C@]3(CC2)NC(=O)[C@H](C)NC(=O)C(=C)NC(=O)[C@H](C)NC(=O)[C@H]([C@@H](C)CC)NC2C=Cc3c([C@H](C)O)cc(nc3[C@H]2O)C(=O)O[C@@H]4C)n1)C(N)=O. The van der Waals surface area contributed by atoms with Gasteiger partial charge in [-0.1, -0.05) is 58.2 Å². The standard InChI is InChI=1S/C72H85N19O18S5/c1-14-26(3)47-63(105)78-30(7)57(99)75-28(5)56(98)76-31(8)58(100)91-72-19-18-40(66-85-43(22-111-66)59(101)77-29(6)55(97)74-27(4)54(73)96)81-52(72)42-21-112-67(83-42)49(34(11)109-69(107)41-20-37(32(9)92)36-16-17-39(79-47)51(95)50(36)80-41)89-60(102)44-24-113-68(86-44)53(71(13,108)35(12)94)90-62(104)45-23-110-65(84-45)38(15-2)82-64(106)48(33(10)93)88-61(103)46-25-114-70(72)87-46/h15-17,20-22,24-26,30-35,39,45,47-49,51-53,79,92-95,108H,4-6,14,18-19,23H2,1-3,7-13H3,(H2,73,96)(H,74,97)(H,75,99)(H,76,98)(H,77,101)(H,78,105)(H,82,106)(H,88,103)(H,89,102)(H,90,104)(H,91,100)/b38-15-/t26-,30-,31-,32-,33+,34+,35+,39?,45?,47-,48-,49-,51-,52+,53+,71+,72+/m0/s1. The molecular formula is C72H85N19O18S5. The quantitative estimate of drug-likeness (QED) is 0.0606. The van der Waals surface area contributed by atoms with Gasteiger partial charge in [-0.2, -0.15) is 0 Å². The van der Waals surface area contributed by atoms with Crippen LogP contribution in [0, 0.1) is 5.92 Å². The Kier molecular flexibility index (Phi) is 26.7. The summed E-state index contributed by atoms with van der Waals surface area (Å²) < 4.78 is 6.26. The summed E-state index contributed by atoms with van der Waals surface area (Å²) in [6.07, 6.45) is -3.18. The maximum absolute atomic E-state index is 15.4. The molecule has 5 aromatic heterocycles. The molecule has 0 saturated heterocycles. The van der Waals surface area contributed by atoms with Crippen molar-refractivity contribution >= 4 is 145 Å². The van der Waals surface area contributed by atoms with Crippen molar-refractivity contribution in [1.29, 1.82) is 0 Å². The number of amides is 11. The van der Waals surface area contributed by atoms with Crippen molar-refractivity contribution in [1.82, 2.24) is 83.4 Å². The van der Waals surface area contributed by atoms with E-state index in [9.17, 15) is 68.7 Å². The predicted octanol–water partition coefficient (Wildman–Crippen LogP) is 0.774. The van der Waals surface area contributed by atoms with Crippen molar-refractivity contribution in [3.8, 4) is 0 Å². The van der Waals surface area contributed by atoms with E-state index in [1.165, 1.54) is 88.2 Å². The lowest BCUT2D eigenvalue weighted by molar-refractivity contribution is -0.131. The van der Waals surface area contributed by atoms with Crippen LogP contribution in [-0.2, 0) is 48.6 Å². The Morgan fingerprint density at radius 1 is 0.763 bits per heavy atom. The predicted molar refractivity (Wildman–Crippen MR) is 418 cm³/mol. The van der Waals surface area contributed by atoms with E-state index < -0.39 is 196 Å². The average molecular weight is 1660 g/mol. The minimum absolute atomic E-state index is 0.0158. The van der Waals surface area contributed by atoms with Crippen LogP contribution in [0.1, 0.15) is 203 Å². The largest absolute Gasteiger partial charge is 0.455 e. The third-order valence-electron chi connectivity index (χ3n) is 19.5. The van der Waals surface area contributed by atoms with Gasteiger partial charge in [-0.05, 0) is 85.8 Å². The van der Waals surface area contributed by atoms with Gasteiger partial charge in [0, 0.05) is 32.8 Å². The Labute approximate surface area is 671 Å². The summed E-state index contributed by atoms with van der Waals surface area (Å²) >= 11 is 4.42. The molecule has 2 unspecified atom stereocenters. The van der Waals surface area contributed by atoms with Crippen molar-refractivity contribution in [3.05, 3.63) is 148 Å². The molecule has 0 spiro atoms. The first-order chi connectivity index (χ1) is 53.7. The van der Waals surface area contributed by atoms with Gasteiger partial charge in [-0.3, -0.25) is 68.0 Å². The fraction of sp³-hybridized carbons (Fsp3) is 0.431. The molecule has 5 aliphatic rings. The summed E-state index contributed by atoms with van der Waals surface area (Å²) in [5.41, 5.74) is -1.79. The molecule has 0 radical (unpaired) electrons. The second-order valence-electron chi connectivity index (χ2n) is 27.8. The summed E-state index contributed by atoms with van der Waals surface area (Å²) in [7, 11) is 0. The molecule has 5 aromatic rings. The summed E-state index contributed by atoms with van der Waals surface area (Å²) in [5, 5.41) is 92.2. The van der Waals surface area contributed by atoms with Gasteiger partial charge in [-0.15, -0.1) is 57.1 Å². The zero-order valence-electron chi connectivity index (χ0n) is 63.0. The number of aromatic nitrogens is 5. The molecule has 1 aliphatic carbocycles. The Morgan fingerprint density at radius 2 is 1.45 bits per heavy atom. The van der Waals surface area contributed by atoms with E-state index in [1.807, 2.05) is 0 Å². The highest BCUT2D eigenvalue weighted by atomic mass is 32.2. The zero-order chi connectivity index (χ0) is 83.4. The number of nitrogens with zero attached hydrogens (tertiary/aromatic N) is 7. The number of carbonyl (C=O) groups is 12. The highest BCUT2D eigenvalue weighted by Gasteiger charge is 2.51. The molecule has 114 heavy (non-hydrogen) atoms. The summed E-state index contributed by atoms with van der Waals surface area (Å²) in [4.78, 5) is 204. The van der Waals surface area contributed by atoms with Gasteiger partial charge in [0.2, 0.25) is 29.5 Å². The zero-order valence-corrected chi connectivity index (χ0v) is 67.1. The van der Waals surface area contributed by atoms with Gasteiger partial charge in [-0.25, -0.2) is 29.7 Å². The number of fused-ring (bicyclic) bond motifs is 7. The van der Waals surface area contributed by atoms with Gasteiger partial charge in [0.15, 0.2) is 0 Å². The number of nitrogens with one attached hydrogen (secondary N) is 11. The molecule has 606 valence electrons. The normalized spacial score (nSPS) is 26.9. The number of carbonyl (C=O) groups excluding carboxylic acids is 12. The van der Waals surface area contributed by atoms with Gasteiger partial charge in [0.1, 0.15) is 113 Å². The fourth-order valence-electron chi connectivity index (χ4n) is 12.3. The number of pyridine rings is 1. The number of esters is 1. The molecule has 10 rings (SSSR count). The van der Waals surface area contributed by atoms with Gasteiger partial charge in [0.05, 0.1) is 70.3 Å². The summed E-state index contributed by atoms with van der Waals surface area (Å²) in [6, 6.07) is -11.6. The van der Waals surface area contributed by atoms with Crippen LogP contribution in [0.15, 0.2) is 92.2 Å². The van der Waals surface area contributed by atoms with Gasteiger partial charge in [0.25, 0.3) is 35.4 Å². The molecule has 11 amide bonds. The van der Waals surface area contributed by atoms with Crippen LogP contribution in [0.5, 0.6) is 0 Å². The number of aliphatic hydroxyl groups is 5. The van der Waals surface area contributed by atoms with Crippen molar-refractivity contribution in [2.24, 2.45) is 21.6 Å². The average Bonchev–Trinajstić information content (AvgIpc) is 1.50. The molecule has 4 aliphatic heterocycles. The Balaban J connectivity index is 1.18. The first kappa shape index (κ1) is 85.9. The van der Waals surface area contributed by atoms with Crippen LogP contribution in [-0.4, -0.2) is 198 Å². The number of primary amides is 1. The van der Waals surface area contributed by atoms with Crippen LogP contribution in [0.25, 0.3) is 6.08 Å². The molecule has 0 saturated carbocycles. The van der Waals surface area contributed by atoms with Gasteiger partial charge < -0.3 is 89.2 Å². The van der Waals surface area contributed by atoms with E-state index in [0.29, 0.717) is 6.42 Å². The van der Waals surface area contributed by atoms with Crippen molar-refractivity contribution in [3.63, 3.8) is 0 Å². The molecule has 37 nitrogen and oxygen atoms in total. The maximum atomic E-state index is 15.4. The van der Waals surface area contributed by atoms with E-state index in [2.05, 4.69) is 98.2 Å². The second kappa shape index (κ2) is 35.5. The number of ether oxygens (including phenoxy) is 1. The lowest BCUT2D eigenvalue weighted by Crippen LogP contribution is -2.57. The number of cyclic esters (lactones) is 1. The van der Waals surface area contributed by atoms with E-state index >= 15 is 14.4 Å². The number of nitrogens with two attached hydrogens (primary N) is 1. The number of thiazole rings is 4. The topological polar surface area (TPSA) is 563 Å². The van der Waals surface area contributed by atoms with Crippen molar-refractivity contribution < 1.29 is 87.8 Å². The molecule has 0 aromatic carbocycles. The lowest BCUT2D eigenvalue weighted by atomic mass is 9.80. The third kappa shape index (κ3) is 18.6. The van der Waals surface area contributed by atoms with Gasteiger partial charge >= 0.3 is 5.97 Å². The number of thioether (sulfide) groups is 1. The molecule has 13 bridgehead atoms. The van der Waals surface area contributed by atoms with Crippen LogP contribution in [0.2, 0.25) is 0 Å². The van der Waals surface area contributed by atoms with E-state index in [4.69, 9.17) is 25.4 Å². The number of aliphatic hydroxyl groups excluding tert-OH is 4. The Bertz CT molecular complexity index is 4880. The van der Waals surface area contributed by atoms with Crippen LogP contribution in [0.4, 0.5) is 0 Å². The molecular weight excluding hydrogens is 1580 g/mol. The van der Waals surface area contributed by atoms with Crippen LogP contribution in [0.3, 0.4) is 0 Å². The molecule has 0 fully saturated rings. The first-order valence-corrected chi connectivity index (χ1v) is 40.1. The van der Waals surface area contributed by atoms with E-state index in [0.717, 1.165) is 57.1 Å². The monoisotopic (exact) mass is 1660 g/mol. The lowest BCUT2D eigenvalue weighted by Gasteiger charge is -2.41. The maximum Gasteiger partial charge on any atom is 0.357 e. The van der Waals surface area contributed by atoms with Crippen molar-refractivity contribution in [2.45, 2.75) is 185 Å². The third-order valence-corrected chi connectivity index (χ3v) is 24.3. The molecule has 17 atom stereocenters. The Hall–Kier alpha value is -10.5. The summed E-state index contributed by atoms with van der Waals surface area (Å²) in [5.74, 6) is -12.2. The minimum atomic E-state index is -2.21. The van der Waals surface area contributed by atoms with Crippen LogP contribution >= 0.6 is 57.1 Å². The van der Waals surface area contributed by atoms with E-state index in [1.54, 1.807) is 26.8 Å². The summed E-state index contributed by atoms with van der Waals surface area (Å²) in [6.45, 7) is 24.9. The van der Waals surface area contributed by atoms with Crippen LogP contribution < -0.4 is 64.2 Å². The number of rotatable bonds is 12. The number of aliphatic imine (C=N–C) groups is 2. The molecule has 9 heterocycles. The van der Waals surface area contributed by atoms with E-state index in [-0.39, 0.29) is 94.7 Å². The highest BCUT2D eigenvalue weighted by molar-refractivity contribution is 8.14. The van der Waals surface area contributed by atoms with Crippen molar-refractivity contribution in [2.75, 3.05) is 5.75 Å². The number of allylic oxidation sites excluding steroid dienone is 1. The number of hydrogen-bond donors (Lipinski definition) is 17. The second-order valence-corrected chi connectivity index (χ2v) is 32.3. The molecule has 18 N–H and O–H groups in total. The fourth-order valence-corrected chi connectivity index (χ4v) is 17.2.